The number of carbonyl (C=O) groups is 2. The molecule has 0 radical (unpaired) electrons. The predicted molar refractivity (Wildman–Crippen MR) is 68.6 cm³/mol. The number of rotatable bonds is 8. The fourth-order valence-electron chi connectivity index (χ4n) is 0.850. The molecule has 0 saturated heterocycles. The molecular formula is C9H18N2O3S2. The van der Waals surface area contributed by atoms with Crippen molar-refractivity contribution in [2.75, 3.05) is 24.7 Å². The molecule has 2 N–H and O–H groups in total. The molecule has 94 valence electrons. The molecule has 0 saturated carbocycles. The molecule has 7 heteroatoms. The third kappa shape index (κ3) is 7.98. The van der Waals surface area contributed by atoms with Crippen LogP contribution in [-0.2, 0) is 14.4 Å². The van der Waals surface area contributed by atoms with Crippen molar-refractivity contribution in [1.29, 1.82) is 0 Å². The van der Waals surface area contributed by atoms with Gasteiger partial charge in [0.2, 0.25) is 5.91 Å². The monoisotopic (exact) mass is 266 g/mol. The number of hydroxylamine groups is 1. The van der Waals surface area contributed by atoms with Crippen molar-refractivity contribution in [1.82, 2.24) is 10.8 Å². The van der Waals surface area contributed by atoms with Gasteiger partial charge in [-0.25, -0.2) is 0 Å². The smallest absolute Gasteiger partial charge is 0.240 e. The summed E-state index contributed by atoms with van der Waals surface area (Å²) in [6.45, 7) is 4.27. The van der Waals surface area contributed by atoms with Crippen LogP contribution in [0.3, 0.4) is 0 Å². The van der Waals surface area contributed by atoms with E-state index in [0.717, 1.165) is 0 Å². The second-order valence-electron chi connectivity index (χ2n) is 2.92. The predicted octanol–water partition coefficient (Wildman–Crippen LogP) is 0.222. The number of thiol groups is 1. The summed E-state index contributed by atoms with van der Waals surface area (Å²) in [7, 11) is 0. The lowest BCUT2D eigenvalue weighted by molar-refractivity contribution is -0.126. The zero-order valence-corrected chi connectivity index (χ0v) is 11.2. The SMILES string of the molecule is CCONC(CS)C(=O)NCCSC(C)=O. The molecule has 0 aliphatic rings. The summed E-state index contributed by atoms with van der Waals surface area (Å²) in [6.07, 6.45) is 0. The van der Waals surface area contributed by atoms with Crippen molar-refractivity contribution < 1.29 is 14.4 Å². The van der Waals surface area contributed by atoms with Crippen molar-refractivity contribution in [3.05, 3.63) is 0 Å². The summed E-state index contributed by atoms with van der Waals surface area (Å²) in [5.74, 6) is 0.758. The van der Waals surface area contributed by atoms with Gasteiger partial charge in [-0.2, -0.15) is 18.1 Å². The number of carbonyl (C=O) groups excluding carboxylic acids is 2. The van der Waals surface area contributed by atoms with Gasteiger partial charge in [0.05, 0.1) is 6.61 Å². The molecule has 0 aromatic carbocycles. The van der Waals surface area contributed by atoms with Gasteiger partial charge in [-0.3, -0.25) is 9.59 Å². The quantitative estimate of drug-likeness (QED) is 0.333. The van der Waals surface area contributed by atoms with Crippen LogP contribution in [0.1, 0.15) is 13.8 Å². The van der Waals surface area contributed by atoms with Crippen LogP contribution in [0.2, 0.25) is 0 Å². The molecule has 5 nitrogen and oxygen atoms in total. The molecule has 1 atom stereocenters. The lowest BCUT2D eigenvalue weighted by atomic mass is 10.3. The van der Waals surface area contributed by atoms with Crippen molar-refractivity contribution >= 4 is 35.4 Å². The van der Waals surface area contributed by atoms with Crippen LogP contribution in [-0.4, -0.2) is 41.7 Å². The van der Waals surface area contributed by atoms with Crippen molar-refractivity contribution in [3.8, 4) is 0 Å². The first-order valence-corrected chi connectivity index (χ1v) is 6.62. The third-order valence-corrected chi connectivity index (χ3v) is 2.76. The van der Waals surface area contributed by atoms with Crippen molar-refractivity contribution in [2.45, 2.75) is 19.9 Å². The normalized spacial score (nSPS) is 12.2. The number of thioether (sulfide) groups is 1. The highest BCUT2D eigenvalue weighted by Crippen LogP contribution is 1.98. The maximum atomic E-state index is 11.5. The minimum atomic E-state index is -0.467. The van der Waals surface area contributed by atoms with Gasteiger partial charge in [0.15, 0.2) is 5.12 Å². The van der Waals surface area contributed by atoms with Crippen LogP contribution in [0.5, 0.6) is 0 Å². The molecule has 0 heterocycles. The molecule has 0 bridgehead atoms. The molecule has 0 aromatic heterocycles. The molecule has 0 spiro atoms. The van der Waals surface area contributed by atoms with E-state index in [0.29, 0.717) is 24.7 Å². The summed E-state index contributed by atoms with van der Waals surface area (Å²) in [5.41, 5.74) is 2.61. The van der Waals surface area contributed by atoms with Crippen LogP contribution in [0.4, 0.5) is 0 Å². The third-order valence-electron chi connectivity index (χ3n) is 1.58. The molecule has 0 aromatic rings. The summed E-state index contributed by atoms with van der Waals surface area (Å²) < 4.78 is 0. The van der Waals surface area contributed by atoms with Crippen molar-refractivity contribution in [3.63, 3.8) is 0 Å². The summed E-state index contributed by atoms with van der Waals surface area (Å²) >= 11 is 5.23. The van der Waals surface area contributed by atoms with E-state index >= 15 is 0 Å². The highest BCUT2D eigenvalue weighted by atomic mass is 32.2. The molecule has 1 amide bonds. The lowest BCUT2D eigenvalue weighted by Gasteiger charge is -2.15. The van der Waals surface area contributed by atoms with E-state index in [1.165, 1.54) is 18.7 Å². The van der Waals surface area contributed by atoms with Crippen molar-refractivity contribution in [2.24, 2.45) is 0 Å². The highest BCUT2D eigenvalue weighted by molar-refractivity contribution is 8.13. The first-order valence-electron chi connectivity index (χ1n) is 5.01. The van der Waals surface area contributed by atoms with E-state index < -0.39 is 6.04 Å². The Bertz CT molecular complexity index is 227. The highest BCUT2D eigenvalue weighted by Gasteiger charge is 2.15. The van der Waals surface area contributed by atoms with E-state index in [4.69, 9.17) is 4.84 Å². The summed E-state index contributed by atoms with van der Waals surface area (Å²) in [5, 5.41) is 2.74. The topological polar surface area (TPSA) is 67.4 Å². The van der Waals surface area contributed by atoms with E-state index in [1.807, 2.05) is 6.92 Å². The van der Waals surface area contributed by atoms with Gasteiger partial charge in [-0.15, -0.1) is 0 Å². The molecule has 0 rings (SSSR count). The molecular weight excluding hydrogens is 248 g/mol. The minimum Gasteiger partial charge on any atom is -0.354 e. The molecule has 1 unspecified atom stereocenters. The van der Waals surface area contributed by atoms with Gasteiger partial charge in [0, 0.05) is 25.0 Å². The van der Waals surface area contributed by atoms with Gasteiger partial charge >= 0.3 is 0 Å². The van der Waals surface area contributed by atoms with Gasteiger partial charge in [0.1, 0.15) is 6.04 Å². The Morgan fingerprint density at radius 1 is 1.50 bits per heavy atom. The van der Waals surface area contributed by atoms with E-state index in [9.17, 15) is 9.59 Å². The van der Waals surface area contributed by atoms with E-state index in [2.05, 4.69) is 23.4 Å². The Kier molecular flexibility index (Phi) is 9.80. The van der Waals surface area contributed by atoms with Crippen LogP contribution in [0, 0.1) is 0 Å². The average molecular weight is 266 g/mol. The fourth-order valence-corrected chi connectivity index (χ4v) is 1.58. The van der Waals surface area contributed by atoms with E-state index in [1.54, 1.807) is 0 Å². The second-order valence-corrected chi connectivity index (χ2v) is 4.55. The number of hydrogen-bond acceptors (Lipinski definition) is 6. The Labute approximate surface area is 105 Å². The summed E-state index contributed by atoms with van der Waals surface area (Å²) in [6, 6.07) is -0.467. The van der Waals surface area contributed by atoms with Gasteiger partial charge in [0.25, 0.3) is 0 Å². The van der Waals surface area contributed by atoms with Gasteiger partial charge < -0.3 is 10.2 Å². The zero-order chi connectivity index (χ0) is 12.4. The average Bonchev–Trinajstić information content (AvgIpc) is 2.25. The second kappa shape index (κ2) is 9.95. The molecule has 0 fully saturated rings. The largest absolute Gasteiger partial charge is 0.354 e. The first kappa shape index (κ1) is 15.8. The minimum absolute atomic E-state index is 0.0486. The first-order chi connectivity index (χ1) is 7.61. The lowest BCUT2D eigenvalue weighted by Crippen LogP contribution is -2.46. The number of nitrogens with one attached hydrogen (secondary N) is 2. The fraction of sp³-hybridized carbons (Fsp3) is 0.778. The maximum absolute atomic E-state index is 11.5. The van der Waals surface area contributed by atoms with Crippen LogP contribution in [0.15, 0.2) is 0 Å². The number of hydrogen-bond donors (Lipinski definition) is 3. The van der Waals surface area contributed by atoms with Crippen LogP contribution in [0.25, 0.3) is 0 Å². The van der Waals surface area contributed by atoms with Crippen LogP contribution >= 0.6 is 24.4 Å². The van der Waals surface area contributed by atoms with E-state index in [-0.39, 0.29) is 11.0 Å². The zero-order valence-electron chi connectivity index (χ0n) is 9.49. The van der Waals surface area contributed by atoms with Gasteiger partial charge in [-0.05, 0) is 6.92 Å². The Balaban J connectivity index is 3.70. The Hall–Kier alpha value is -0.240. The molecule has 0 aliphatic heterocycles. The molecule has 16 heavy (non-hydrogen) atoms. The number of amides is 1. The van der Waals surface area contributed by atoms with Crippen LogP contribution < -0.4 is 10.8 Å². The summed E-state index contributed by atoms with van der Waals surface area (Å²) in [4.78, 5) is 27.1. The molecule has 0 aliphatic carbocycles. The Morgan fingerprint density at radius 3 is 2.69 bits per heavy atom. The van der Waals surface area contributed by atoms with Gasteiger partial charge in [-0.1, -0.05) is 11.8 Å². The Morgan fingerprint density at radius 2 is 2.19 bits per heavy atom. The standard InChI is InChI=1S/C9H18N2O3S2/c1-3-14-11-8(6-15)9(13)10-4-5-16-7(2)12/h8,11,15H,3-6H2,1-2H3,(H,10,13). The maximum Gasteiger partial charge on any atom is 0.240 e.